The van der Waals surface area contributed by atoms with Gasteiger partial charge in [-0.3, -0.25) is 14.9 Å². The second-order valence-corrected chi connectivity index (χ2v) is 8.09. The third-order valence-electron chi connectivity index (χ3n) is 5.37. The minimum absolute atomic E-state index is 0.108. The van der Waals surface area contributed by atoms with Crippen molar-refractivity contribution in [2.45, 2.75) is 27.4 Å². The molecule has 0 aliphatic carbocycles. The molecule has 33 heavy (non-hydrogen) atoms. The molecule has 6 nitrogen and oxygen atoms in total. The lowest BCUT2D eigenvalue weighted by Gasteiger charge is -2.27. The Morgan fingerprint density at radius 2 is 1.61 bits per heavy atom. The van der Waals surface area contributed by atoms with Gasteiger partial charge >= 0.3 is 6.03 Å². The molecule has 1 N–H and O–H groups in total. The van der Waals surface area contributed by atoms with Gasteiger partial charge in [0, 0.05) is 0 Å². The van der Waals surface area contributed by atoms with E-state index in [0.29, 0.717) is 23.6 Å². The Labute approximate surface area is 192 Å². The summed E-state index contributed by atoms with van der Waals surface area (Å²) in [7, 11) is 0. The Morgan fingerprint density at radius 3 is 2.30 bits per heavy atom. The number of nitrogens with one attached hydrogen (secondary N) is 1. The monoisotopic (exact) mass is 440 g/mol. The van der Waals surface area contributed by atoms with Crippen LogP contribution in [0.2, 0.25) is 0 Å². The zero-order valence-corrected chi connectivity index (χ0v) is 18.7. The van der Waals surface area contributed by atoms with Gasteiger partial charge in [-0.1, -0.05) is 59.7 Å². The number of hydrogen-bond donors (Lipinski definition) is 1. The van der Waals surface area contributed by atoms with E-state index in [-0.39, 0.29) is 5.57 Å². The molecule has 3 aromatic carbocycles. The van der Waals surface area contributed by atoms with Crippen molar-refractivity contribution in [1.29, 1.82) is 0 Å². The largest absolute Gasteiger partial charge is 0.489 e. The van der Waals surface area contributed by atoms with Crippen LogP contribution in [-0.2, 0) is 16.2 Å². The quantitative estimate of drug-likeness (QED) is 0.454. The summed E-state index contributed by atoms with van der Waals surface area (Å²) in [5.74, 6) is -0.702. The maximum Gasteiger partial charge on any atom is 0.335 e. The topological polar surface area (TPSA) is 75.7 Å². The third-order valence-corrected chi connectivity index (χ3v) is 5.37. The van der Waals surface area contributed by atoms with E-state index in [9.17, 15) is 14.4 Å². The summed E-state index contributed by atoms with van der Waals surface area (Å²) in [6.07, 6.45) is 1.48. The standard InChI is InChI=1S/C27H24N2O4/c1-17-5-4-6-21(14-17)16-33-22-10-8-20(9-11-22)15-23-25(30)28-27(32)29(26(23)31)24-12-7-18(2)13-19(24)3/h4-15H,16H2,1-3H3,(H,28,30,32)/b23-15+. The number of urea groups is 1. The van der Waals surface area contributed by atoms with Gasteiger partial charge in [-0.2, -0.15) is 0 Å². The van der Waals surface area contributed by atoms with E-state index in [4.69, 9.17) is 4.74 Å². The molecule has 4 amide bonds. The van der Waals surface area contributed by atoms with Crippen molar-refractivity contribution in [3.05, 3.63) is 100 Å². The average molecular weight is 440 g/mol. The molecule has 1 aliphatic rings. The summed E-state index contributed by atoms with van der Waals surface area (Å²) in [6, 6.07) is 19.8. The molecule has 3 aromatic rings. The number of barbiturate groups is 1. The number of imide groups is 2. The van der Waals surface area contributed by atoms with Gasteiger partial charge in [0.2, 0.25) is 0 Å². The highest BCUT2D eigenvalue weighted by Crippen LogP contribution is 2.26. The maximum absolute atomic E-state index is 13.1. The van der Waals surface area contributed by atoms with Crippen LogP contribution in [0.5, 0.6) is 5.75 Å². The van der Waals surface area contributed by atoms with Gasteiger partial charge in [0.25, 0.3) is 11.8 Å². The molecule has 0 aromatic heterocycles. The highest BCUT2D eigenvalue weighted by molar-refractivity contribution is 6.39. The SMILES string of the molecule is Cc1cccc(COc2ccc(/C=C3\C(=O)NC(=O)N(c4ccc(C)cc4C)C3=O)cc2)c1. The van der Waals surface area contributed by atoms with Crippen molar-refractivity contribution in [3.63, 3.8) is 0 Å². The van der Waals surface area contributed by atoms with E-state index in [2.05, 4.69) is 11.4 Å². The molecule has 0 unspecified atom stereocenters. The summed E-state index contributed by atoms with van der Waals surface area (Å²) in [5.41, 5.74) is 5.00. The fraction of sp³-hybridized carbons (Fsp3) is 0.148. The summed E-state index contributed by atoms with van der Waals surface area (Å²) in [5, 5.41) is 2.26. The van der Waals surface area contributed by atoms with Gasteiger partial charge in [0.05, 0.1) is 5.69 Å². The fourth-order valence-electron chi connectivity index (χ4n) is 3.73. The Kier molecular flexibility index (Phi) is 6.09. The molecule has 1 aliphatic heterocycles. The Hall–Kier alpha value is -4.19. The van der Waals surface area contributed by atoms with Crippen molar-refractivity contribution in [2.75, 3.05) is 4.90 Å². The molecule has 1 fully saturated rings. The average Bonchev–Trinajstić information content (AvgIpc) is 2.77. The predicted molar refractivity (Wildman–Crippen MR) is 127 cm³/mol. The smallest absolute Gasteiger partial charge is 0.335 e. The van der Waals surface area contributed by atoms with Crippen LogP contribution < -0.4 is 15.0 Å². The molecule has 0 spiro atoms. The van der Waals surface area contributed by atoms with Crippen molar-refractivity contribution in [2.24, 2.45) is 0 Å². The van der Waals surface area contributed by atoms with Gasteiger partial charge in [-0.15, -0.1) is 0 Å². The Morgan fingerprint density at radius 1 is 0.879 bits per heavy atom. The molecule has 6 heteroatoms. The minimum Gasteiger partial charge on any atom is -0.489 e. The Bertz CT molecular complexity index is 1280. The highest BCUT2D eigenvalue weighted by Gasteiger charge is 2.37. The molecule has 0 saturated carbocycles. The molecule has 1 heterocycles. The van der Waals surface area contributed by atoms with Crippen LogP contribution in [-0.4, -0.2) is 17.8 Å². The first-order chi connectivity index (χ1) is 15.8. The van der Waals surface area contributed by atoms with Crippen LogP contribution in [0.25, 0.3) is 6.08 Å². The van der Waals surface area contributed by atoms with Crippen molar-refractivity contribution in [3.8, 4) is 5.75 Å². The number of anilines is 1. The fourth-order valence-corrected chi connectivity index (χ4v) is 3.73. The van der Waals surface area contributed by atoms with E-state index >= 15 is 0 Å². The zero-order chi connectivity index (χ0) is 23.5. The molecular weight excluding hydrogens is 416 g/mol. The summed E-state index contributed by atoms with van der Waals surface area (Å²) < 4.78 is 5.83. The number of carbonyl (C=O) groups is 3. The second-order valence-electron chi connectivity index (χ2n) is 8.09. The number of aryl methyl sites for hydroxylation is 3. The summed E-state index contributed by atoms with van der Waals surface area (Å²) in [6.45, 7) is 6.22. The van der Waals surface area contributed by atoms with E-state index in [0.717, 1.165) is 21.6 Å². The minimum atomic E-state index is -0.756. The molecule has 0 atom stereocenters. The van der Waals surface area contributed by atoms with Gasteiger partial charge in [-0.25, -0.2) is 9.69 Å². The van der Waals surface area contributed by atoms with E-state index in [1.807, 2.05) is 51.1 Å². The van der Waals surface area contributed by atoms with E-state index in [1.165, 1.54) is 11.6 Å². The lowest BCUT2D eigenvalue weighted by Crippen LogP contribution is -2.54. The summed E-state index contributed by atoms with van der Waals surface area (Å²) in [4.78, 5) is 38.9. The number of carbonyl (C=O) groups excluding carboxylic acids is 3. The lowest BCUT2D eigenvalue weighted by molar-refractivity contribution is -0.122. The van der Waals surface area contributed by atoms with E-state index in [1.54, 1.807) is 30.3 Å². The third kappa shape index (κ3) is 4.85. The van der Waals surface area contributed by atoms with Crippen molar-refractivity contribution >= 4 is 29.6 Å². The number of nitrogens with zero attached hydrogens (tertiary/aromatic N) is 1. The molecule has 4 rings (SSSR count). The van der Waals surface area contributed by atoms with Gasteiger partial charge < -0.3 is 4.74 Å². The van der Waals surface area contributed by atoms with E-state index < -0.39 is 17.8 Å². The number of benzene rings is 3. The molecule has 0 radical (unpaired) electrons. The molecule has 1 saturated heterocycles. The van der Waals surface area contributed by atoms with Gasteiger partial charge in [0.1, 0.15) is 17.9 Å². The maximum atomic E-state index is 13.1. The number of hydrogen-bond acceptors (Lipinski definition) is 4. The molecule has 0 bridgehead atoms. The first-order valence-electron chi connectivity index (χ1n) is 10.6. The lowest BCUT2D eigenvalue weighted by atomic mass is 10.0. The van der Waals surface area contributed by atoms with Crippen LogP contribution in [0.4, 0.5) is 10.5 Å². The zero-order valence-electron chi connectivity index (χ0n) is 18.7. The van der Waals surface area contributed by atoms with Crippen LogP contribution in [0.3, 0.4) is 0 Å². The number of amides is 4. The number of rotatable bonds is 5. The van der Waals surface area contributed by atoms with Gasteiger partial charge in [0.15, 0.2) is 0 Å². The summed E-state index contributed by atoms with van der Waals surface area (Å²) >= 11 is 0. The van der Waals surface area contributed by atoms with Crippen molar-refractivity contribution in [1.82, 2.24) is 5.32 Å². The Balaban J connectivity index is 1.54. The van der Waals surface area contributed by atoms with Gasteiger partial charge in [-0.05, 0) is 61.7 Å². The second kappa shape index (κ2) is 9.12. The van der Waals surface area contributed by atoms with Crippen LogP contribution >= 0.6 is 0 Å². The highest BCUT2D eigenvalue weighted by atomic mass is 16.5. The molecular formula is C27H24N2O4. The molecule has 166 valence electrons. The normalized spacial score (nSPS) is 15.1. The predicted octanol–water partition coefficient (Wildman–Crippen LogP) is 4.86. The van der Waals surface area contributed by atoms with Crippen LogP contribution in [0.1, 0.15) is 27.8 Å². The number of ether oxygens (including phenoxy) is 1. The first-order valence-corrected chi connectivity index (χ1v) is 10.6. The van der Waals surface area contributed by atoms with Crippen molar-refractivity contribution < 1.29 is 19.1 Å². The van der Waals surface area contributed by atoms with Crippen LogP contribution in [0, 0.1) is 20.8 Å². The first kappa shape index (κ1) is 22.0. The van der Waals surface area contributed by atoms with Crippen LogP contribution in [0.15, 0.2) is 72.3 Å².